The van der Waals surface area contributed by atoms with Crippen LogP contribution in [0.25, 0.3) is 11.5 Å². The van der Waals surface area contributed by atoms with Gasteiger partial charge in [0.05, 0.1) is 34.7 Å². The Morgan fingerprint density at radius 1 is 1.17 bits per heavy atom. The number of hydrogen-bond acceptors (Lipinski definition) is 7. The first-order chi connectivity index (χ1) is 14.2. The highest BCUT2D eigenvalue weighted by atomic mass is 35.5. The molecule has 0 amide bonds. The van der Waals surface area contributed by atoms with E-state index < -0.39 is 22.0 Å². The summed E-state index contributed by atoms with van der Waals surface area (Å²) in [5.41, 5.74) is 0.698. The smallest absolute Gasteiger partial charge is 0.337 e. The van der Waals surface area contributed by atoms with Crippen LogP contribution in [0.5, 0.6) is 0 Å². The van der Waals surface area contributed by atoms with Crippen molar-refractivity contribution in [3.05, 3.63) is 65.0 Å². The SMILES string of the molecule is COC(=O)c1cccc(S(=O)(=O)N(Cc2nnc(-c3ccccc3Cl)o2)C(C)C)c1. The predicted molar refractivity (Wildman–Crippen MR) is 110 cm³/mol. The Bertz CT molecular complexity index is 1160. The van der Waals surface area contributed by atoms with Gasteiger partial charge in [0.15, 0.2) is 0 Å². The molecule has 0 aliphatic heterocycles. The van der Waals surface area contributed by atoms with Crippen LogP contribution >= 0.6 is 11.6 Å². The van der Waals surface area contributed by atoms with Gasteiger partial charge in [-0.3, -0.25) is 0 Å². The van der Waals surface area contributed by atoms with E-state index in [0.717, 1.165) is 0 Å². The molecular formula is C20H20ClN3O5S. The first-order valence-corrected chi connectivity index (χ1v) is 10.8. The van der Waals surface area contributed by atoms with Crippen LogP contribution in [0.2, 0.25) is 5.02 Å². The second-order valence-corrected chi connectivity index (χ2v) is 8.94. The van der Waals surface area contributed by atoms with E-state index in [-0.39, 0.29) is 28.8 Å². The third kappa shape index (κ3) is 4.53. The molecule has 8 nitrogen and oxygen atoms in total. The van der Waals surface area contributed by atoms with Crippen molar-refractivity contribution < 1.29 is 22.4 Å². The number of benzene rings is 2. The number of methoxy groups -OCH3 is 1. The fourth-order valence-corrected chi connectivity index (χ4v) is 4.63. The molecule has 1 aromatic heterocycles. The molecule has 158 valence electrons. The fraction of sp³-hybridized carbons (Fsp3) is 0.250. The molecule has 0 atom stereocenters. The maximum atomic E-state index is 13.2. The molecule has 0 bridgehead atoms. The number of sulfonamides is 1. The van der Waals surface area contributed by atoms with Crippen molar-refractivity contribution in [1.82, 2.24) is 14.5 Å². The van der Waals surface area contributed by atoms with Crippen molar-refractivity contribution in [1.29, 1.82) is 0 Å². The van der Waals surface area contributed by atoms with E-state index in [1.54, 1.807) is 38.1 Å². The summed E-state index contributed by atoms with van der Waals surface area (Å²) in [5, 5.41) is 8.39. The van der Waals surface area contributed by atoms with E-state index in [9.17, 15) is 13.2 Å². The van der Waals surface area contributed by atoms with Crippen molar-refractivity contribution in [2.45, 2.75) is 31.3 Å². The third-order valence-corrected chi connectivity index (χ3v) is 6.65. The van der Waals surface area contributed by atoms with Gasteiger partial charge < -0.3 is 9.15 Å². The molecule has 0 saturated heterocycles. The molecule has 0 unspecified atom stereocenters. The lowest BCUT2D eigenvalue weighted by molar-refractivity contribution is 0.0600. The summed E-state index contributed by atoms with van der Waals surface area (Å²) in [7, 11) is -2.72. The van der Waals surface area contributed by atoms with E-state index in [2.05, 4.69) is 14.9 Å². The Morgan fingerprint density at radius 2 is 1.90 bits per heavy atom. The van der Waals surface area contributed by atoms with Gasteiger partial charge in [-0.2, -0.15) is 4.31 Å². The van der Waals surface area contributed by atoms with Crippen molar-refractivity contribution >= 4 is 27.6 Å². The maximum Gasteiger partial charge on any atom is 0.337 e. The van der Waals surface area contributed by atoms with Crippen LogP contribution in [0.1, 0.15) is 30.1 Å². The van der Waals surface area contributed by atoms with Crippen LogP contribution in [0, 0.1) is 0 Å². The number of carbonyl (C=O) groups is 1. The Morgan fingerprint density at radius 3 is 2.57 bits per heavy atom. The molecule has 30 heavy (non-hydrogen) atoms. The highest BCUT2D eigenvalue weighted by molar-refractivity contribution is 7.89. The molecule has 0 aliphatic rings. The standard InChI is InChI=1S/C20H20ClN3O5S/c1-13(2)24(30(26,27)15-8-6-7-14(11-15)20(25)28-3)12-18-22-23-19(29-18)16-9-4-5-10-17(16)21/h4-11,13H,12H2,1-3H3. The Labute approximate surface area is 179 Å². The van der Waals surface area contributed by atoms with Crippen LogP contribution in [-0.4, -0.2) is 42.0 Å². The highest BCUT2D eigenvalue weighted by Crippen LogP contribution is 2.27. The second kappa shape index (κ2) is 8.95. The number of carbonyl (C=O) groups excluding carboxylic acids is 1. The van der Waals surface area contributed by atoms with Gasteiger partial charge in [0.25, 0.3) is 0 Å². The highest BCUT2D eigenvalue weighted by Gasteiger charge is 2.30. The number of hydrogen-bond donors (Lipinski definition) is 0. The zero-order valence-corrected chi connectivity index (χ0v) is 18.1. The van der Waals surface area contributed by atoms with Crippen LogP contribution in [-0.2, 0) is 21.3 Å². The third-order valence-electron chi connectivity index (χ3n) is 4.30. The van der Waals surface area contributed by atoms with Crippen LogP contribution < -0.4 is 0 Å². The summed E-state index contributed by atoms with van der Waals surface area (Å²) < 4.78 is 38.0. The number of ether oxygens (including phenoxy) is 1. The Hall–Kier alpha value is -2.75. The summed E-state index contributed by atoms with van der Waals surface area (Å²) in [6.07, 6.45) is 0. The minimum atomic E-state index is -3.95. The van der Waals surface area contributed by atoms with Crippen molar-refractivity contribution in [3.63, 3.8) is 0 Å². The van der Waals surface area contributed by atoms with E-state index in [1.807, 2.05) is 0 Å². The van der Waals surface area contributed by atoms with Crippen molar-refractivity contribution in [2.24, 2.45) is 0 Å². The minimum absolute atomic E-state index is 0.0371. The Balaban J connectivity index is 1.92. The normalized spacial score (nSPS) is 11.8. The molecule has 2 aromatic carbocycles. The summed E-state index contributed by atoms with van der Waals surface area (Å²) in [6, 6.07) is 12.2. The lowest BCUT2D eigenvalue weighted by atomic mass is 10.2. The van der Waals surface area contributed by atoms with E-state index in [1.165, 1.54) is 35.7 Å². The Kier molecular flexibility index (Phi) is 6.55. The van der Waals surface area contributed by atoms with E-state index in [4.69, 9.17) is 16.0 Å². The van der Waals surface area contributed by atoms with E-state index >= 15 is 0 Å². The van der Waals surface area contributed by atoms with Crippen LogP contribution in [0.3, 0.4) is 0 Å². The molecule has 3 aromatic rings. The molecule has 0 N–H and O–H groups in total. The molecule has 1 heterocycles. The van der Waals surface area contributed by atoms with Crippen LogP contribution in [0.15, 0.2) is 57.8 Å². The monoisotopic (exact) mass is 449 g/mol. The molecule has 0 radical (unpaired) electrons. The first kappa shape index (κ1) is 21.9. The molecule has 0 aliphatic carbocycles. The largest absolute Gasteiger partial charge is 0.465 e. The predicted octanol–water partition coefficient (Wildman–Crippen LogP) is 3.78. The average Bonchev–Trinajstić information content (AvgIpc) is 3.20. The van der Waals surface area contributed by atoms with Crippen molar-refractivity contribution in [2.75, 3.05) is 7.11 Å². The van der Waals surface area contributed by atoms with E-state index in [0.29, 0.717) is 10.6 Å². The molecule has 0 fully saturated rings. The molecule has 10 heteroatoms. The second-order valence-electron chi connectivity index (χ2n) is 6.64. The maximum absolute atomic E-state index is 13.2. The quantitative estimate of drug-likeness (QED) is 0.505. The molecule has 0 spiro atoms. The number of rotatable bonds is 7. The topological polar surface area (TPSA) is 103 Å². The van der Waals surface area contributed by atoms with Gasteiger partial charge >= 0.3 is 5.97 Å². The average molecular weight is 450 g/mol. The summed E-state index contributed by atoms with van der Waals surface area (Å²) in [5.74, 6) is -0.305. The van der Waals surface area contributed by atoms with Gasteiger partial charge in [-0.1, -0.05) is 29.8 Å². The van der Waals surface area contributed by atoms with Gasteiger partial charge in [-0.25, -0.2) is 13.2 Å². The first-order valence-electron chi connectivity index (χ1n) is 9.01. The number of halogens is 1. The summed E-state index contributed by atoms with van der Waals surface area (Å²) >= 11 is 6.16. The van der Waals surface area contributed by atoms with Crippen LogP contribution in [0.4, 0.5) is 0 Å². The molecule has 0 saturated carbocycles. The number of esters is 1. The summed E-state index contributed by atoms with van der Waals surface area (Å²) in [6.45, 7) is 3.32. The zero-order valence-electron chi connectivity index (χ0n) is 16.6. The minimum Gasteiger partial charge on any atom is -0.465 e. The number of nitrogens with zero attached hydrogens (tertiary/aromatic N) is 3. The van der Waals surface area contributed by atoms with Gasteiger partial charge in [-0.05, 0) is 44.2 Å². The van der Waals surface area contributed by atoms with Gasteiger partial charge in [0, 0.05) is 6.04 Å². The summed E-state index contributed by atoms with van der Waals surface area (Å²) in [4.78, 5) is 11.7. The van der Waals surface area contributed by atoms with Gasteiger partial charge in [0.2, 0.25) is 21.8 Å². The van der Waals surface area contributed by atoms with Gasteiger partial charge in [-0.15, -0.1) is 10.2 Å². The van der Waals surface area contributed by atoms with Gasteiger partial charge in [0.1, 0.15) is 0 Å². The fourth-order valence-electron chi connectivity index (χ4n) is 2.78. The lowest BCUT2D eigenvalue weighted by Gasteiger charge is -2.24. The number of aromatic nitrogens is 2. The lowest BCUT2D eigenvalue weighted by Crippen LogP contribution is -2.36. The molecule has 3 rings (SSSR count). The van der Waals surface area contributed by atoms with Crippen molar-refractivity contribution in [3.8, 4) is 11.5 Å². The molecular weight excluding hydrogens is 430 g/mol. The zero-order chi connectivity index (χ0) is 21.9.